The summed E-state index contributed by atoms with van der Waals surface area (Å²) in [6.45, 7) is 7.54. The molecule has 182 valence electrons. The Morgan fingerprint density at radius 1 is 1.06 bits per heavy atom. The topological polar surface area (TPSA) is 50.2 Å². The van der Waals surface area contributed by atoms with E-state index < -0.39 is 0 Å². The number of halogens is 1. The van der Waals surface area contributed by atoms with Gasteiger partial charge < -0.3 is 14.8 Å². The lowest BCUT2D eigenvalue weighted by Crippen LogP contribution is -2.34. The van der Waals surface area contributed by atoms with Gasteiger partial charge in [0.05, 0.1) is 11.2 Å². The molecule has 1 aliphatic rings. The summed E-state index contributed by atoms with van der Waals surface area (Å²) in [5, 5.41) is 4.50. The molecule has 35 heavy (non-hydrogen) atoms. The van der Waals surface area contributed by atoms with Crippen molar-refractivity contribution in [1.82, 2.24) is 14.5 Å². The molecule has 1 N–H and O–H groups in total. The van der Waals surface area contributed by atoms with Crippen LogP contribution in [0.1, 0.15) is 41.9 Å². The van der Waals surface area contributed by atoms with Crippen LogP contribution in [0.5, 0.6) is 0 Å². The van der Waals surface area contributed by atoms with Crippen LogP contribution in [0.4, 0.5) is 10.1 Å². The van der Waals surface area contributed by atoms with E-state index in [1.165, 1.54) is 12.1 Å². The van der Waals surface area contributed by atoms with Crippen molar-refractivity contribution in [3.8, 4) is 11.1 Å². The molecule has 0 amide bonds. The van der Waals surface area contributed by atoms with Gasteiger partial charge in [-0.25, -0.2) is 4.39 Å². The largest absolute Gasteiger partial charge is 0.388 e. The van der Waals surface area contributed by atoms with Gasteiger partial charge in [-0.1, -0.05) is 25.1 Å². The Bertz CT molecular complexity index is 1260. The van der Waals surface area contributed by atoms with E-state index in [2.05, 4.69) is 45.7 Å². The van der Waals surface area contributed by atoms with Crippen LogP contribution in [-0.2, 0) is 0 Å². The third kappa shape index (κ3) is 5.28. The molecule has 4 aromatic rings. The maximum atomic E-state index is 12.1. The molecule has 0 radical (unpaired) electrons. The minimum atomic E-state index is -0.178. The first kappa shape index (κ1) is 24.6. The fourth-order valence-electron chi connectivity index (χ4n) is 5.00. The lowest BCUT2D eigenvalue weighted by molar-refractivity contribution is 0.110. The molecule has 5 nitrogen and oxygen atoms in total. The van der Waals surface area contributed by atoms with Crippen molar-refractivity contribution in [2.45, 2.75) is 32.7 Å². The number of aryl methyl sites for hydroxylation is 1. The molecule has 0 aliphatic carbocycles. The molecule has 2 aromatic carbocycles. The number of benzene rings is 2. The number of pyridine rings is 1. The Kier molecular flexibility index (Phi) is 7.93. The number of likely N-dealkylation sites (tertiary alicyclic amines) is 1. The minimum absolute atomic E-state index is 0.178. The lowest BCUT2D eigenvalue weighted by Gasteiger charge is -2.33. The maximum Gasteiger partial charge on any atom is 0.166 e. The van der Waals surface area contributed by atoms with Gasteiger partial charge in [-0.15, -0.1) is 0 Å². The molecule has 1 fully saturated rings. The fraction of sp³-hybridized carbons (Fsp3) is 0.310. The van der Waals surface area contributed by atoms with Crippen LogP contribution in [0, 0.1) is 12.7 Å². The van der Waals surface area contributed by atoms with Gasteiger partial charge in [-0.05, 0) is 79.4 Å². The number of nitrogens with zero attached hydrogens (tertiary/aromatic N) is 3. The highest BCUT2D eigenvalue weighted by atomic mass is 19.1. The van der Waals surface area contributed by atoms with E-state index in [1.807, 2.05) is 31.6 Å². The number of carbonyl (C=O) groups is 1. The zero-order chi connectivity index (χ0) is 24.8. The van der Waals surface area contributed by atoms with E-state index in [9.17, 15) is 9.18 Å². The van der Waals surface area contributed by atoms with Gasteiger partial charge in [0.15, 0.2) is 6.29 Å². The third-order valence-corrected chi connectivity index (χ3v) is 6.89. The predicted octanol–water partition coefficient (Wildman–Crippen LogP) is 6.35. The Morgan fingerprint density at radius 2 is 1.74 bits per heavy atom. The number of rotatable bonds is 5. The molecule has 3 heterocycles. The number of aldehydes is 1. The molecule has 2 aromatic heterocycles. The van der Waals surface area contributed by atoms with Crippen LogP contribution in [-0.4, -0.2) is 47.4 Å². The normalized spacial score (nSPS) is 14.4. The molecule has 0 saturated carbocycles. The number of anilines is 1. The number of fused-ring (bicyclic) bond motifs is 1. The monoisotopic (exact) mass is 472 g/mol. The molecule has 0 bridgehead atoms. The first-order valence-corrected chi connectivity index (χ1v) is 12.2. The molecular weight excluding hydrogens is 439 g/mol. The second-order valence-electron chi connectivity index (χ2n) is 8.86. The Morgan fingerprint density at radius 3 is 2.29 bits per heavy atom. The third-order valence-electron chi connectivity index (χ3n) is 6.89. The van der Waals surface area contributed by atoms with Gasteiger partial charge >= 0.3 is 0 Å². The summed E-state index contributed by atoms with van der Waals surface area (Å²) in [5.74, 6) is -0.178. The van der Waals surface area contributed by atoms with Crippen molar-refractivity contribution in [3.05, 3.63) is 84.1 Å². The minimum Gasteiger partial charge on any atom is -0.388 e. The van der Waals surface area contributed by atoms with E-state index in [-0.39, 0.29) is 5.82 Å². The Balaban J connectivity index is 0.000000356. The van der Waals surface area contributed by atoms with Crippen molar-refractivity contribution in [3.63, 3.8) is 0 Å². The number of hydrogen-bond acceptors (Lipinski definition) is 4. The standard InChI is InChI=1S/C23H28N4O.C6H5F/c1-4-26-11-7-19(8-12-26)27-21-14-18(17-5-9-25-10-6-17)13-20(24-3)23(21)16(2)22(27)15-28;7-6-4-2-1-3-5-6/h5-6,9-10,13-15,19,24H,4,7-8,11-12H2,1-3H3;1-5H. The molecule has 5 rings (SSSR count). The maximum absolute atomic E-state index is 12.1. The summed E-state index contributed by atoms with van der Waals surface area (Å²) in [7, 11) is 1.95. The molecule has 6 heteroatoms. The van der Waals surface area contributed by atoms with Crippen LogP contribution >= 0.6 is 0 Å². The van der Waals surface area contributed by atoms with Gasteiger partial charge in [0.25, 0.3) is 0 Å². The van der Waals surface area contributed by atoms with Crippen LogP contribution < -0.4 is 5.32 Å². The first-order valence-electron chi connectivity index (χ1n) is 12.2. The fourth-order valence-corrected chi connectivity index (χ4v) is 5.00. The summed E-state index contributed by atoms with van der Waals surface area (Å²) < 4.78 is 14.2. The smallest absolute Gasteiger partial charge is 0.166 e. The molecule has 1 saturated heterocycles. The Hall–Kier alpha value is -3.51. The van der Waals surface area contributed by atoms with Crippen molar-refractivity contribution in [1.29, 1.82) is 0 Å². The second-order valence-corrected chi connectivity index (χ2v) is 8.86. The molecule has 0 unspecified atom stereocenters. The van der Waals surface area contributed by atoms with E-state index in [1.54, 1.807) is 18.2 Å². The van der Waals surface area contributed by atoms with Gasteiger partial charge in [0.2, 0.25) is 0 Å². The van der Waals surface area contributed by atoms with Crippen LogP contribution in [0.2, 0.25) is 0 Å². The van der Waals surface area contributed by atoms with Crippen molar-refractivity contribution < 1.29 is 9.18 Å². The summed E-state index contributed by atoms with van der Waals surface area (Å²) in [4.78, 5) is 18.7. The van der Waals surface area contributed by atoms with Gasteiger partial charge in [0.1, 0.15) is 5.82 Å². The molecule has 0 spiro atoms. The molecule has 1 aliphatic heterocycles. The first-order chi connectivity index (χ1) is 17.1. The molecular formula is C29H33FN4O. The molecule has 0 atom stereocenters. The zero-order valence-electron chi connectivity index (χ0n) is 20.7. The number of hydrogen-bond donors (Lipinski definition) is 1. The SMILES string of the molecule is CCN1CCC(n2c(C=O)c(C)c3c(NC)cc(-c4ccncc4)cc32)CC1.Fc1ccccc1. The number of piperidine rings is 1. The highest BCUT2D eigenvalue weighted by molar-refractivity contribution is 6.03. The Labute approximate surface area is 206 Å². The predicted molar refractivity (Wildman–Crippen MR) is 142 cm³/mol. The van der Waals surface area contributed by atoms with Gasteiger partial charge in [0, 0.05) is 49.6 Å². The van der Waals surface area contributed by atoms with Gasteiger partial charge in [-0.2, -0.15) is 0 Å². The lowest BCUT2D eigenvalue weighted by atomic mass is 10.0. The van der Waals surface area contributed by atoms with E-state index in [0.29, 0.717) is 6.04 Å². The van der Waals surface area contributed by atoms with Crippen LogP contribution in [0.3, 0.4) is 0 Å². The second kappa shape index (κ2) is 11.3. The average molecular weight is 473 g/mol. The number of nitrogens with one attached hydrogen (secondary N) is 1. The van der Waals surface area contributed by atoms with Crippen LogP contribution in [0.25, 0.3) is 22.0 Å². The van der Waals surface area contributed by atoms with Crippen molar-refractivity contribution in [2.24, 2.45) is 0 Å². The average Bonchev–Trinajstić information content (AvgIpc) is 3.20. The number of carbonyl (C=O) groups excluding carboxylic acids is 1. The van der Waals surface area contributed by atoms with E-state index in [4.69, 9.17) is 0 Å². The summed E-state index contributed by atoms with van der Waals surface area (Å²) >= 11 is 0. The zero-order valence-corrected chi connectivity index (χ0v) is 20.7. The summed E-state index contributed by atoms with van der Waals surface area (Å²) in [6, 6.07) is 16.8. The summed E-state index contributed by atoms with van der Waals surface area (Å²) in [5.41, 5.74) is 6.36. The van der Waals surface area contributed by atoms with Crippen molar-refractivity contribution >= 4 is 22.9 Å². The quantitative estimate of drug-likeness (QED) is 0.344. The van der Waals surface area contributed by atoms with E-state index in [0.717, 1.165) is 77.7 Å². The van der Waals surface area contributed by atoms with Gasteiger partial charge in [-0.3, -0.25) is 9.78 Å². The number of aromatic nitrogens is 2. The van der Waals surface area contributed by atoms with Crippen molar-refractivity contribution in [2.75, 3.05) is 32.0 Å². The highest BCUT2D eigenvalue weighted by Crippen LogP contribution is 2.39. The summed E-state index contributed by atoms with van der Waals surface area (Å²) in [6.07, 6.45) is 6.83. The highest BCUT2D eigenvalue weighted by Gasteiger charge is 2.26. The van der Waals surface area contributed by atoms with E-state index >= 15 is 0 Å². The van der Waals surface area contributed by atoms with Crippen LogP contribution in [0.15, 0.2) is 67.0 Å².